The Hall–Kier alpha value is -1.57. The highest BCUT2D eigenvalue weighted by atomic mass is 16.2. The molecule has 0 unspecified atom stereocenters. The molecule has 1 saturated heterocycles. The maximum absolute atomic E-state index is 12.3. The molecule has 17 heavy (non-hydrogen) atoms. The van der Waals surface area contributed by atoms with Gasteiger partial charge in [0.25, 0.3) is 0 Å². The standard InChI is InChI=1S/C15H19NO/c1-4-15(2,3)14(17)16-11-10-13(16)12-8-6-5-7-9-12/h4-9,13H,1,10-11H2,2-3H3/t13-/m0/s1. The Balaban J connectivity index is 2.15. The smallest absolute Gasteiger partial charge is 0.232 e. The molecule has 0 bridgehead atoms. The molecule has 0 aliphatic carbocycles. The first-order chi connectivity index (χ1) is 8.06. The predicted octanol–water partition coefficient (Wildman–Crippen LogP) is 3.17. The lowest BCUT2D eigenvalue weighted by atomic mass is 9.86. The summed E-state index contributed by atoms with van der Waals surface area (Å²) in [6.45, 7) is 8.44. The third kappa shape index (κ3) is 2.12. The number of carbonyl (C=O) groups is 1. The van der Waals surface area contributed by atoms with Crippen molar-refractivity contribution >= 4 is 5.91 Å². The Kier molecular flexibility index (Phi) is 3.05. The number of hydrogen-bond donors (Lipinski definition) is 0. The van der Waals surface area contributed by atoms with Crippen molar-refractivity contribution in [3.8, 4) is 0 Å². The molecule has 0 spiro atoms. The number of likely N-dealkylation sites (tertiary alicyclic amines) is 1. The Morgan fingerprint density at radius 1 is 1.41 bits per heavy atom. The van der Waals surface area contributed by atoms with Gasteiger partial charge in [0.05, 0.1) is 11.5 Å². The van der Waals surface area contributed by atoms with Crippen LogP contribution in [0, 0.1) is 5.41 Å². The Labute approximate surface area is 103 Å². The number of nitrogens with zero attached hydrogens (tertiary/aromatic N) is 1. The van der Waals surface area contributed by atoms with Crippen molar-refractivity contribution in [1.29, 1.82) is 0 Å². The average molecular weight is 229 g/mol. The molecular formula is C15H19NO. The van der Waals surface area contributed by atoms with Crippen molar-refractivity contribution in [3.63, 3.8) is 0 Å². The van der Waals surface area contributed by atoms with Crippen LogP contribution in [0.3, 0.4) is 0 Å². The molecule has 0 aromatic heterocycles. The van der Waals surface area contributed by atoms with Gasteiger partial charge in [0, 0.05) is 6.54 Å². The zero-order chi connectivity index (χ0) is 12.5. The van der Waals surface area contributed by atoms with E-state index in [9.17, 15) is 4.79 Å². The van der Waals surface area contributed by atoms with Gasteiger partial charge in [-0.3, -0.25) is 4.79 Å². The minimum Gasteiger partial charge on any atom is -0.335 e. The van der Waals surface area contributed by atoms with Gasteiger partial charge in [0.15, 0.2) is 0 Å². The van der Waals surface area contributed by atoms with E-state index >= 15 is 0 Å². The second-order valence-electron chi connectivity index (χ2n) is 5.14. The number of rotatable bonds is 3. The molecule has 1 heterocycles. The largest absolute Gasteiger partial charge is 0.335 e. The van der Waals surface area contributed by atoms with Crippen LogP contribution in [0.1, 0.15) is 31.9 Å². The fourth-order valence-corrected chi connectivity index (χ4v) is 2.11. The summed E-state index contributed by atoms with van der Waals surface area (Å²) in [4.78, 5) is 14.3. The summed E-state index contributed by atoms with van der Waals surface area (Å²) < 4.78 is 0. The van der Waals surface area contributed by atoms with E-state index in [0.717, 1.165) is 13.0 Å². The molecule has 90 valence electrons. The van der Waals surface area contributed by atoms with E-state index in [1.165, 1.54) is 5.56 Å². The van der Waals surface area contributed by atoms with E-state index in [0.29, 0.717) is 0 Å². The highest BCUT2D eigenvalue weighted by molar-refractivity contribution is 5.84. The van der Waals surface area contributed by atoms with Gasteiger partial charge in [-0.2, -0.15) is 0 Å². The van der Waals surface area contributed by atoms with Crippen LogP contribution in [0.25, 0.3) is 0 Å². The fourth-order valence-electron chi connectivity index (χ4n) is 2.11. The van der Waals surface area contributed by atoms with Crippen LogP contribution in [0.2, 0.25) is 0 Å². The van der Waals surface area contributed by atoms with Crippen LogP contribution in [-0.4, -0.2) is 17.4 Å². The average Bonchev–Trinajstić information content (AvgIpc) is 2.29. The summed E-state index contributed by atoms with van der Waals surface area (Å²) in [5.74, 6) is 0.174. The van der Waals surface area contributed by atoms with Gasteiger partial charge in [-0.15, -0.1) is 6.58 Å². The summed E-state index contributed by atoms with van der Waals surface area (Å²) in [7, 11) is 0. The van der Waals surface area contributed by atoms with E-state index in [4.69, 9.17) is 0 Å². The third-order valence-electron chi connectivity index (χ3n) is 3.53. The highest BCUT2D eigenvalue weighted by Crippen LogP contribution is 2.36. The summed E-state index contributed by atoms with van der Waals surface area (Å²) in [5.41, 5.74) is 0.764. The molecule has 1 aromatic rings. The van der Waals surface area contributed by atoms with Gasteiger partial charge < -0.3 is 4.90 Å². The second kappa shape index (κ2) is 4.36. The first kappa shape index (κ1) is 11.9. The van der Waals surface area contributed by atoms with E-state index in [1.807, 2.05) is 36.9 Å². The van der Waals surface area contributed by atoms with Gasteiger partial charge in [0.2, 0.25) is 5.91 Å². The molecule has 1 amide bonds. The number of amides is 1. The normalized spacial score (nSPS) is 19.6. The summed E-state index contributed by atoms with van der Waals surface area (Å²) in [6.07, 6.45) is 2.79. The van der Waals surface area contributed by atoms with Crippen molar-refractivity contribution in [2.24, 2.45) is 5.41 Å². The third-order valence-corrected chi connectivity index (χ3v) is 3.53. The molecule has 0 radical (unpaired) electrons. The second-order valence-corrected chi connectivity index (χ2v) is 5.14. The molecule has 1 atom stereocenters. The van der Waals surface area contributed by atoms with Crippen molar-refractivity contribution in [3.05, 3.63) is 48.6 Å². The van der Waals surface area contributed by atoms with Crippen LogP contribution in [0.15, 0.2) is 43.0 Å². The van der Waals surface area contributed by atoms with Gasteiger partial charge in [-0.1, -0.05) is 36.4 Å². The van der Waals surface area contributed by atoms with E-state index < -0.39 is 5.41 Å². The molecular weight excluding hydrogens is 210 g/mol. The van der Waals surface area contributed by atoms with Crippen LogP contribution in [0.4, 0.5) is 0 Å². The fraction of sp³-hybridized carbons (Fsp3) is 0.400. The molecule has 0 N–H and O–H groups in total. The number of carbonyl (C=O) groups excluding carboxylic acids is 1. The topological polar surface area (TPSA) is 20.3 Å². The van der Waals surface area contributed by atoms with Crippen molar-refractivity contribution in [1.82, 2.24) is 4.90 Å². The van der Waals surface area contributed by atoms with E-state index in [2.05, 4.69) is 18.7 Å². The highest BCUT2D eigenvalue weighted by Gasteiger charge is 2.38. The number of hydrogen-bond acceptors (Lipinski definition) is 1. The molecule has 1 fully saturated rings. The summed E-state index contributed by atoms with van der Waals surface area (Å²) >= 11 is 0. The molecule has 1 aromatic carbocycles. The Morgan fingerprint density at radius 2 is 2.06 bits per heavy atom. The van der Waals surface area contributed by atoms with Crippen LogP contribution in [-0.2, 0) is 4.79 Å². The zero-order valence-corrected chi connectivity index (χ0v) is 10.5. The van der Waals surface area contributed by atoms with E-state index in [-0.39, 0.29) is 11.9 Å². The maximum Gasteiger partial charge on any atom is 0.232 e. The SMILES string of the molecule is C=CC(C)(C)C(=O)N1CC[C@H]1c1ccccc1. The minimum absolute atomic E-state index is 0.174. The van der Waals surface area contributed by atoms with Crippen LogP contribution < -0.4 is 0 Å². The minimum atomic E-state index is -0.465. The lowest BCUT2D eigenvalue weighted by Gasteiger charge is -2.44. The first-order valence-corrected chi connectivity index (χ1v) is 6.06. The summed E-state index contributed by atoms with van der Waals surface area (Å²) in [6, 6.07) is 10.5. The van der Waals surface area contributed by atoms with Crippen molar-refractivity contribution < 1.29 is 4.79 Å². The molecule has 0 saturated carbocycles. The lowest BCUT2D eigenvalue weighted by Crippen LogP contribution is -2.49. The quantitative estimate of drug-likeness (QED) is 0.729. The van der Waals surface area contributed by atoms with E-state index in [1.54, 1.807) is 6.08 Å². The van der Waals surface area contributed by atoms with Crippen LogP contribution >= 0.6 is 0 Å². The van der Waals surface area contributed by atoms with Crippen molar-refractivity contribution in [2.45, 2.75) is 26.3 Å². The van der Waals surface area contributed by atoms with Crippen LogP contribution in [0.5, 0.6) is 0 Å². The predicted molar refractivity (Wildman–Crippen MR) is 69.5 cm³/mol. The van der Waals surface area contributed by atoms with Gasteiger partial charge >= 0.3 is 0 Å². The molecule has 1 aliphatic heterocycles. The van der Waals surface area contributed by atoms with Gasteiger partial charge in [0.1, 0.15) is 0 Å². The zero-order valence-electron chi connectivity index (χ0n) is 10.5. The molecule has 2 heteroatoms. The Bertz CT molecular complexity index is 422. The molecule has 2 nitrogen and oxygen atoms in total. The first-order valence-electron chi connectivity index (χ1n) is 6.06. The Morgan fingerprint density at radius 3 is 2.53 bits per heavy atom. The maximum atomic E-state index is 12.3. The molecule has 2 rings (SSSR count). The van der Waals surface area contributed by atoms with Gasteiger partial charge in [-0.25, -0.2) is 0 Å². The van der Waals surface area contributed by atoms with Crippen molar-refractivity contribution in [2.75, 3.05) is 6.54 Å². The monoisotopic (exact) mass is 229 g/mol. The number of benzene rings is 1. The van der Waals surface area contributed by atoms with Gasteiger partial charge in [-0.05, 0) is 25.8 Å². The lowest BCUT2D eigenvalue weighted by molar-refractivity contribution is -0.146. The molecule has 1 aliphatic rings. The summed E-state index contributed by atoms with van der Waals surface area (Å²) in [5, 5.41) is 0.